The minimum atomic E-state index is 1.11. The maximum Gasteiger partial charge on any atom is 0.0273 e. The largest absolute Gasteiger partial charge is 0.301 e. The first-order valence-electron chi connectivity index (χ1n) is 3.43. The van der Waals surface area contributed by atoms with Crippen LogP contribution in [0.3, 0.4) is 0 Å². The van der Waals surface area contributed by atoms with Crippen LogP contribution in [0.5, 0.6) is 0 Å². The van der Waals surface area contributed by atoms with Gasteiger partial charge in [-0.1, -0.05) is 12.2 Å². The normalized spacial score (nSPS) is 11.8. The third-order valence-corrected chi connectivity index (χ3v) is 1.12. The van der Waals surface area contributed by atoms with Crippen LogP contribution in [0.25, 0.3) is 0 Å². The molecule has 0 aliphatic rings. The van der Waals surface area contributed by atoms with E-state index in [1.165, 1.54) is 12.8 Å². The minimum Gasteiger partial charge on any atom is -0.301 e. The number of unbranched alkanes of at least 4 members (excludes halogenated alkanes) is 2. The summed E-state index contributed by atoms with van der Waals surface area (Å²) in [6, 6.07) is 0. The highest BCUT2D eigenvalue weighted by atomic mass is 14.6. The lowest BCUT2D eigenvalue weighted by atomic mass is 10.2. The molecule has 0 aromatic heterocycles. The van der Waals surface area contributed by atoms with Gasteiger partial charge in [-0.05, 0) is 32.4 Å². The van der Waals surface area contributed by atoms with Gasteiger partial charge in [0.15, 0.2) is 0 Å². The molecule has 9 heavy (non-hydrogen) atoms. The molecule has 0 heterocycles. The van der Waals surface area contributed by atoms with E-state index in [-0.39, 0.29) is 0 Å². The highest BCUT2D eigenvalue weighted by molar-refractivity contribution is 5.56. The van der Waals surface area contributed by atoms with Crippen molar-refractivity contribution in [2.75, 3.05) is 7.05 Å². The maximum atomic E-state index is 3.88. The number of allylic oxidation sites excluding steroid dienone is 2. The molecule has 0 aliphatic heterocycles. The lowest BCUT2D eigenvalue weighted by Gasteiger charge is -1.86. The molecule has 0 aromatic carbocycles. The SMILES string of the molecule is CC=CCCCC=NC. The Bertz CT molecular complexity index is 80.7. The second-order valence-electron chi connectivity index (χ2n) is 1.94. The van der Waals surface area contributed by atoms with Gasteiger partial charge in [0.25, 0.3) is 0 Å². The average Bonchev–Trinajstić information content (AvgIpc) is 1.89. The van der Waals surface area contributed by atoms with E-state index in [0.717, 1.165) is 6.42 Å². The standard InChI is InChI=1S/C8H15N/c1-3-4-5-6-7-8-9-2/h3-4,8H,5-7H2,1-2H3. The molecule has 0 radical (unpaired) electrons. The van der Waals surface area contributed by atoms with Gasteiger partial charge < -0.3 is 4.99 Å². The zero-order valence-corrected chi connectivity index (χ0v) is 6.30. The number of hydrogen-bond acceptors (Lipinski definition) is 1. The first-order valence-corrected chi connectivity index (χ1v) is 3.43. The van der Waals surface area contributed by atoms with E-state index in [1.807, 2.05) is 20.2 Å². The Hall–Kier alpha value is -0.590. The fraction of sp³-hybridized carbons (Fsp3) is 0.625. The quantitative estimate of drug-likeness (QED) is 0.311. The minimum absolute atomic E-state index is 1.11. The Morgan fingerprint density at radius 3 is 2.67 bits per heavy atom. The van der Waals surface area contributed by atoms with E-state index < -0.39 is 0 Å². The molecule has 0 spiro atoms. The van der Waals surface area contributed by atoms with Crippen molar-refractivity contribution in [3.63, 3.8) is 0 Å². The van der Waals surface area contributed by atoms with Gasteiger partial charge in [0.2, 0.25) is 0 Å². The Morgan fingerprint density at radius 2 is 2.11 bits per heavy atom. The molecule has 0 saturated carbocycles. The Kier molecular flexibility index (Phi) is 6.92. The van der Waals surface area contributed by atoms with Crippen molar-refractivity contribution >= 4 is 6.21 Å². The van der Waals surface area contributed by atoms with Crippen LogP contribution in [0, 0.1) is 0 Å². The molecule has 0 rings (SSSR count). The zero-order valence-electron chi connectivity index (χ0n) is 6.30. The van der Waals surface area contributed by atoms with Crippen LogP contribution < -0.4 is 0 Å². The molecule has 0 N–H and O–H groups in total. The lowest BCUT2D eigenvalue weighted by molar-refractivity contribution is 0.901. The summed E-state index contributed by atoms with van der Waals surface area (Å²) in [4.78, 5) is 3.88. The second kappa shape index (κ2) is 7.41. The molecule has 1 nitrogen and oxygen atoms in total. The molecule has 0 aliphatic carbocycles. The first-order chi connectivity index (χ1) is 4.41. The monoisotopic (exact) mass is 125 g/mol. The third kappa shape index (κ3) is 7.41. The molecule has 0 aromatic rings. The van der Waals surface area contributed by atoms with E-state index in [9.17, 15) is 0 Å². The molecule has 0 fully saturated rings. The number of hydrogen-bond donors (Lipinski definition) is 0. The summed E-state index contributed by atoms with van der Waals surface area (Å²) in [6.45, 7) is 2.05. The van der Waals surface area contributed by atoms with E-state index >= 15 is 0 Å². The zero-order chi connectivity index (χ0) is 6.95. The van der Waals surface area contributed by atoms with Crippen molar-refractivity contribution in [2.24, 2.45) is 4.99 Å². The predicted octanol–water partition coefficient (Wildman–Crippen LogP) is 2.43. The Balaban J connectivity index is 2.91. The molecule has 0 atom stereocenters. The van der Waals surface area contributed by atoms with Crippen LogP contribution >= 0.6 is 0 Å². The van der Waals surface area contributed by atoms with Crippen LogP contribution in [0.4, 0.5) is 0 Å². The lowest BCUT2D eigenvalue weighted by Crippen LogP contribution is -1.74. The summed E-state index contributed by atoms with van der Waals surface area (Å²) in [5.41, 5.74) is 0. The van der Waals surface area contributed by atoms with Crippen LogP contribution in [0.15, 0.2) is 17.1 Å². The molecular formula is C8H15N. The highest BCUT2D eigenvalue weighted by Gasteiger charge is 1.77. The van der Waals surface area contributed by atoms with Gasteiger partial charge in [0.1, 0.15) is 0 Å². The molecule has 52 valence electrons. The van der Waals surface area contributed by atoms with Gasteiger partial charge in [-0.2, -0.15) is 0 Å². The van der Waals surface area contributed by atoms with Crippen molar-refractivity contribution < 1.29 is 0 Å². The van der Waals surface area contributed by atoms with E-state index in [1.54, 1.807) is 0 Å². The molecule has 0 amide bonds. The van der Waals surface area contributed by atoms with Gasteiger partial charge in [-0.15, -0.1) is 0 Å². The molecule has 0 bridgehead atoms. The van der Waals surface area contributed by atoms with Gasteiger partial charge in [-0.25, -0.2) is 0 Å². The van der Waals surface area contributed by atoms with E-state index in [0.29, 0.717) is 0 Å². The van der Waals surface area contributed by atoms with Crippen LogP contribution in [0.2, 0.25) is 0 Å². The fourth-order valence-electron chi connectivity index (χ4n) is 0.623. The smallest absolute Gasteiger partial charge is 0.0273 e. The Labute approximate surface area is 57.5 Å². The van der Waals surface area contributed by atoms with Gasteiger partial charge in [-0.3, -0.25) is 0 Å². The highest BCUT2D eigenvalue weighted by Crippen LogP contribution is 1.93. The second-order valence-corrected chi connectivity index (χ2v) is 1.94. The van der Waals surface area contributed by atoms with Crippen molar-refractivity contribution in [1.82, 2.24) is 0 Å². The third-order valence-electron chi connectivity index (χ3n) is 1.12. The summed E-state index contributed by atoms with van der Waals surface area (Å²) in [6.07, 6.45) is 9.75. The molecule has 1 heteroatoms. The van der Waals surface area contributed by atoms with Crippen molar-refractivity contribution in [3.05, 3.63) is 12.2 Å². The van der Waals surface area contributed by atoms with E-state index in [2.05, 4.69) is 17.1 Å². The van der Waals surface area contributed by atoms with E-state index in [4.69, 9.17) is 0 Å². The average molecular weight is 125 g/mol. The maximum absolute atomic E-state index is 3.88. The first kappa shape index (κ1) is 8.41. The van der Waals surface area contributed by atoms with Crippen LogP contribution in [0.1, 0.15) is 26.2 Å². The van der Waals surface area contributed by atoms with Crippen LogP contribution in [-0.2, 0) is 0 Å². The van der Waals surface area contributed by atoms with Crippen molar-refractivity contribution in [1.29, 1.82) is 0 Å². The van der Waals surface area contributed by atoms with Crippen LogP contribution in [-0.4, -0.2) is 13.3 Å². The number of rotatable bonds is 4. The summed E-state index contributed by atoms with van der Waals surface area (Å²) in [5, 5.41) is 0. The topological polar surface area (TPSA) is 12.4 Å². The van der Waals surface area contributed by atoms with Crippen molar-refractivity contribution in [2.45, 2.75) is 26.2 Å². The summed E-state index contributed by atoms with van der Waals surface area (Å²) < 4.78 is 0. The molecular weight excluding hydrogens is 110 g/mol. The summed E-state index contributed by atoms with van der Waals surface area (Å²) >= 11 is 0. The number of nitrogens with zero attached hydrogens (tertiary/aromatic N) is 1. The molecule has 0 saturated heterocycles. The summed E-state index contributed by atoms with van der Waals surface area (Å²) in [7, 11) is 1.82. The van der Waals surface area contributed by atoms with Crippen molar-refractivity contribution in [3.8, 4) is 0 Å². The van der Waals surface area contributed by atoms with Gasteiger partial charge >= 0.3 is 0 Å². The fourth-order valence-corrected chi connectivity index (χ4v) is 0.623. The summed E-state index contributed by atoms with van der Waals surface area (Å²) in [5.74, 6) is 0. The van der Waals surface area contributed by atoms with Gasteiger partial charge in [0, 0.05) is 7.05 Å². The van der Waals surface area contributed by atoms with Gasteiger partial charge in [0.05, 0.1) is 0 Å². The number of aliphatic imine (C=N–C) groups is 1. The Morgan fingerprint density at radius 1 is 1.33 bits per heavy atom. The molecule has 0 unspecified atom stereocenters. The predicted molar refractivity (Wildman–Crippen MR) is 43.1 cm³/mol.